The molecule has 0 saturated carbocycles. The summed E-state index contributed by atoms with van der Waals surface area (Å²) >= 11 is 0. The fourth-order valence-electron chi connectivity index (χ4n) is 1.95. The number of benzene rings is 1. The van der Waals surface area contributed by atoms with Gasteiger partial charge in [-0.05, 0) is 31.5 Å². The second kappa shape index (κ2) is 6.21. The smallest absolute Gasteiger partial charge is 0.336 e. The summed E-state index contributed by atoms with van der Waals surface area (Å²) in [6, 6.07) is 6.38. The lowest BCUT2D eigenvalue weighted by atomic mass is 10.1. The fourth-order valence-corrected chi connectivity index (χ4v) is 1.95. The first-order chi connectivity index (χ1) is 9.99. The molecule has 1 aromatic heterocycles. The summed E-state index contributed by atoms with van der Waals surface area (Å²) in [4.78, 5) is 34.2. The van der Waals surface area contributed by atoms with Gasteiger partial charge in [-0.2, -0.15) is 0 Å². The van der Waals surface area contributed by atoms with Gasteiger partial charge in [-0.15, -0.1) is 0 Å². The minimum Gasteiger partial charge on any atom is -0.466 e. The van der Waals surface area contributed by atoms with E-state index in [1.807, 2.05) is 0 Å². The van der Waals surface area contributed by atoms with E-state index >= 15 is 0 Å². The Morgan fingerprint density at radius 2 is 2.05 bits per heavy atom. The molecule has 6 heteroatoms. The van der Waals surface area contributed by atoms with E-state index in [1.54, 1.807) is 32.0 Å². The zero-order valence-corrected chi connectivity index (χ0v) is 11.8. The predicted octanol–water partition coefficient (Wildman–Crippen LogP) is 1.99. The average molecular weight is 289 g/mol. The Bertz CT molecular complexity index is 747. The molecule has 110 valence electrons. The number of nitrogens with one attached hydrogen (secondary N) is 1. The van der Waals surface area contributed by atoms with E-state index in [9.17, 15) is 14.4 Å². The first kappa shape index (κ1) is 14.8. The molecule has 0 aliphatic rings. The van der Waals surface area contributed by atoms with Crippen molar-refractivity contribution in [2.45, 2.75) is 20.3 Å². The molecule has 0 saturated heterocycles. The predicted molar refractivity (Wildman–Crippen MR) is 77.1 cm³/mol. The van der Waals surface area contributed by atoms with Gasteiger partial charge >= 0.3 is 11.6 Å². The van der Waals surface area contributed by atoms with Crippen molar-refractivity contribution in [3.8, 4) is 0 Å². The van der Waals surface area contributed by atoms with Crippen LogP contribution in [0.15, 0.2) is 33.5 Å². The molecule has 2 rings (SSSR count). The lowest BCUT2D eigenvalue weighted by Crippen LogP contribution is -2.18. The molecule has 21 heavy (non-hydrogen) atoms. The first-order valence-electron chi connectivity index (χ1n) is 6.49. The number of carbonyl (C=O) groups is 2. The van der Waals surface area contributed by atoms with E-state index in [0.717, 1.165) is 10.9 Å². The molecule has 0 radical (unpaired) electrons. The van der Waals surface area contributed by atoms with Crippen LogP contribution in [0.25, 0.3) is 11.0 Å². The van der Waals surface area contributed by atoms with Gasteiger partial charge in [-0.1, -0.05) is 0 Å². The molecule has 1 amide bonds. The molecule has 0 aliphatic heterocycles. The van der Waals surface area contributed by atoms with E-state index in [4.69, 9.17) is 9.15 Å². The van der Waals surface area contributed by atoms with Crippen LogP contribution >= 0.6 is 0 Å². The highest BCUT2D eigenvalue weighted by Crippen LogP contribution is 2.20. The van der Waals surface area contributed by atoms with Crippen molar-refractivity contribution in [3.05, 3.63) is 40.2 Å². The summed E-state index contributed by atoms with van der Waals surface area (Å²) in [5.74, 6) is -1.07. The van der Waals surface area contributed by atoms with E-state index in [1.165, 1.54) is 6.07 Å². The van der Waals surface area contributed by atoms with Gasteiger partial charge in [0.25, 0.3) is 0 Å². The highest BCUT2D eigenvalue weighted by molar-refractivity contribution is 6.02. The summed E-state index contributed by atoms with van der Waals surface area (Å²) in [5.41, 5.74) is 1.18. The Hall–Kier alpha value is -2.63. The van der Waals surface area contributed by atoms with Crippen molar-refractivity contribution < 1.29 is 18.7 Å². The van der Waals surface area contributed by atoms with Crippen molar-refractivity contribution in [2.75, 3.05) is 11.9 Å². The van der Waals surface area contributed by atoms with Gasteiger partial charge < -0.3 is 14.5 Å². The summed E-state index contributed by atoms with van der Waals surface area (Å²) in [6.07, 6.45) is -0.357. The van der Waals surface area contributed by atoms with Crippen LogP contribution in [-0.2, 0) is 14.3 Å². The fraction of sp³-hybridized carbons (Fsp3) is 0.267. The maximum absolute atomic E-state index is 11.7. The number of hydrogen-bond acceptors (Lipinski definition) is 5. The average Bonchev–Trinajstić information content (AvgIpc) is 2.37. The van der Waals surface area contributed by atoms with Crippen molar-refractivity contribution in [2.24, 2.45) is 0 Å². The highest BCUT2D eigenvalue weighted by Gasteiger charge is 2.11. The summed E-state index contributed by atoms with van der Waals surface area (Å²) < 4.78 is 9.78. The number of anilines is 1. The maximum atomic E-state index is 11.7. The third kappa shape index (κ3) is 3.68. The van der Waals surface area contributed by atoms with E-state index < -0.39 is 17.5 Å². The molecule has 1 heterocycles. The zero-order chi connectivity index (χ0) is 15.4. The molecule has 0 bridgehead atoms. The summed E-state index contributed by atoms with van der Waals surface area (Å²) in [6.45, 7) is 3.70. The molecule has 1 aromatic carbocycles. The third-order valence-corrected chi connectivity index (χ3v) is 2.85. The standard InChI is InChI=1S/C15H15NO5/c1-3-20-14(18)8-13(17)16-10-4-5-11-9(2)6-15(19)21-12(11)7-10/h4-7H,3,8H2,1-2H3,(H,16,17). The molecule has 1 N–H and O–H groups in total. The molecule has 0 aliphatic carbocycles. The van der Waals surface area contributed by atoms with Gasteiger partial charge in [0.2, 0.25) is 5.91 Å². The number of ether oxygens (including phenoxy) is 1. The second-order valence-corrected chi connectivity index (χ2v) is 4.49. The first-order valence-corrected chi connectivity index (χ1v) is 6.49. The van der Waals surface area contributed by atoms with Crippen LogP contribution in [0.4, 0.5) is 5.69 Å². The summed E-state index contributed by atoms with van der Waals surface area (Å²) in [7, 11) is 0. The van der Waals surface area contributed by atoms with Crippen LogP contribution in [0, 0.1) is 6.92 Å². The molecule has 0 fully saturated rings. The quantitative estimate of drug-likeness (QED) is 0.528. The molecule has 0 unspecified atom stereocenters. The van der Waals surface area contributed by atoms with Gasteiger partial charge in [0, 0.05) is 23.2 Å². The van der Waals surface area contributed by atoms with Crippen molar-refractivity contribution in [1.29, 1.82) is 0 Å². The largest absolute Gasteiger partial charge is 0.466 e. The van der Waals surface area contributed by atoms with E-state index in [2.05, 4.69) is 5.32 Å². The molecule has 6 nitrogen and oxygen atoms in total. The normalized spacial score (nSPS) is 10.4. The van der Waals surface area contributed by atoms with Crippen LogP contribution < -0.4 is 10.9 Å². The molecule has 2 aromatic rings. The maximum Gasteiger partial charge on any atom is 0.336 e. The minimum absolute atomic E-state index is 0.229. The second-order valence-electron chi connectivity index (χ2n) is 4.49. The van der Waals surface area contributed by atoms with Crippen molar-refractivity contribution in [3.63, 3.8) is 0 Å². The van der Waals surface area contributed by atoms with Crippen molar-refractivity contribution >= 4 is 28.5 Å². The Kier molecular flexibility index (Phi) is 4.37. The van der Waals surface area contributed by atoms with Crippen LogP contribution in [-0.4, -0.2) is 18.5 Å². The van der Waals surface area contributed by atoms with Crippen LogP contribution in [0.2, 0.25) is 0 Å². The van der Waals surface area contributed by atoms with Gasteiger partial charge in [0.15, 0.2) is 0 Å². The number of hydrogen-bond donors (Lipinski definition) is 1. The Morgan fingerprint density at radius 3 is 2.76 bits per heavy atom. The molecule has 0 atom stereocenters. The number of fused-ring (bicyclic) bond motifs is 1. The van der Waals surface area contributed by atoms with Crippen LogP contribution in [0.5, 0.6) is 0 Å². The Balaban J connectivity index is 2.18. The lowest BCUT2D eigenvalue weighted by Gasteiger charge is -2.06. The number of esters is 1. The van der Waals surface area contributed by atoms with E-state index in [-0.39, 0.29) is 13.0 Å². The number of amides is 1. The Morgan fingerprint density at radius 1 is 1.29 bits per heavy atom. The van der Waals surface area contributed by atoms with Gasteiger partial charge in [0.05, 0.1) is 6.61 Å². The van der Waals surface area contributed by atoms with Gasteiger partial charge in [0.1, 0.15) is 12.0 Å². The van der Waals surface area contributed by atoms with Crippen molar-refractivity contribution in [1.82, 2.24) is 0 Å². The number of rotatable bonds is 4. The monoisotopic (exact) mass is 289 g/mol. The number of carbonyl (C=O) groups excluding carboxylic acids is 2. The zero-order valence-electron chi connectivity index (χ0n) is 11.8. The van der Waals surface area contributed by atoms with Crippen LogP contribution in [0.3, 0.4) is 0 Å². The minimum atomic E-state index is -0.585. The molecule has 0 spiro atoms. The molecular weight excluding hydrogens is 274 g/mol. The third-order valence-electron chi connectivity index (χ3n) is 2.85. The van der Waals surface area contributed by atoms with Gasteiger partial charge in [-0.25, -0.2) is 4.79 Å². The molecular formula is C15H15NO5. The Labute approximate surface area is 120 Å². The van der Waals surface area contributed by atoms with Crippen LogP contribution in [0.1, 0.15) is 18.9 Å². The SMILES string of the molecule is CCOC(=O)CC(=O)Nc1ccc2c(C)cc(=O)oc2c1. The van der Waals surface area contributed by atoms with E-state index in [0.29, 0.717) is 11.3 Å². The summed E-state index contributed by atoms with van der Waals surface area (Å²) in [5, 5.41) is 3.35. The highest BCUT2D eigenvalue weighted by atomic mass is 16.5. The van der Waals surface area contributed by atoms with Gasteiger partial charge in [-0.3, -0.25) is 9.59 Å². The topological polar surface area (TPSA) is 85.6 Å². The lowest BCUT2D eigenvalue weighted by molar-refractivity contribution is -0.145. The number of aryl methyl sites for hydroxylation is 1.